The number of rotatable bonds is 7. The van der Waals surface area contributed by atoms with E-state index in [2.05, 4.69) is 16.7 Å². The second-order valence-electron chi connectivity index (χ2n) is 7.29. The highest BCUT2D eigenvalue weighted by molar-refractivity contribution is 6.31. The largest absolute Gasteiger partial charge is 0.417 e. The standard InChI is InChI=1S/C19H24ClF3N4O2/c1-11(2)18(4,10-24)26-17(29)12(3)27(5)9-16(28)25-13-6-7-15(20)14(8-13)19(21,22)23/h6-8,11-12H,9H2,1-5H3,(H,25,28)(H,26,29). The van der Waals surface area contributed by atoms with Gasteiger partial charge in [0, 0.05) is 5.69 Å². The number of nitrogens with zero attached hydrogens (tertiary/aromatic N) is 2. The Hall–Kier alpha value is -2.31. The van der Waals surface area contributed by atoms with Crippen LogP contribution >= 0.6 is 11.6 Å². The van der Waals surface area contributed by atoms with Gasteiger partial charge in [-0.25, -0.2) is 0 Å². The Morgan fingerprint density at radius 1 is 1.28 bits per heavy atom. The lowest BCUT2D eigenvalue weighted by Crippen LogP contribution is -2.55. The van der Waals surface area contributed by atoms with Crippen LogP contribution in [0, 0.1) is 17.2 Å². The highest BCUT2D eigenvalue weighted by Crippen LogP contribution is 2.36. The molecule has 0 bridgehead atoms. The number of hydrogen-bond acceptors (Lipinski definition) is 4. The molecule has 1 rings (SSSR count). The number of nitriles is 1. The zero-order valence-corrected chi connectivity index (χ0v) is 17.6. The lowest BCUT2D eigenvalue weighted by molar-refractivity contribution is -0.137. The predicted molar refractivity (Wildman–Crippen MR) is 104 cm³/mol. The predicted octanol–water partition coefficient (Wildman–Crippen LogP) is 3.67. The van der Waals surface area contributed by atoms with Gasteiger partial charge in [0.05, 0.1) is 29.2 Å². The van der Waals surface area contributed by atoms with Gasteiger partial charge in [-0.05, 0) is 45.0 Å². The van der Waals surface area contributed by atoms with Crippen LogP contribution in [0.4, 0.5) is 18.9 Å². The third-order valence-corrected chi connectivity index (χ3v) is 5.09. The van der Waals surface area contributed by atoms with Crippen molar-refractivity contribution in [2.75, 3.05) is 18.9 Å². The zero-order chi connectivity index (χ0) is 22.6. The summed E-state index contributed by atoms with van der Waals surface area (Å²) in [6.07, 6.45) is -4.65. The lowest BCUT2D eigenvalue weighted by Gasteiger charge is -2.31. The molecule has 2 N–H and O–H groups in total. The molecule has 0 radical (unpaired) electrons. The number of benzene rings is 1. The Morgan fingerprint density at radius 3 is 2.34 bits per heavy atom. The van der Waals surface area contributed by atoms with Crippen molar-refractivity contribution in [3.8, 4) is 6.07 Å². The third kappa shape index (κ3) is 6.61. The summed E-state index contributed by atoms with van der Waals surface area (Å²) in [6.45, 7) is 6.52. The van der Waals surface area contributed by atoms with Gasteiger partial charge in [0.1, 0.15) is 5.54 Å². The first-order valence-corrected chi connectivity index (χ1v) is 9.19. The molecular weight excluding hydrogens is 409 g/mol. The Balaban J connectivity index is 2.78. The summed E-state index contributed by atoms with van der Waals surface area (Å²) >= 11 is 5.56. The molecule has 2 unspecified atom stereocenters. The minimum atomic E-state index is -4.65. The normalized spacial score (nSPS) is 14.8. The van der Waals surface area contributed by atoms with Gasteiger partial charge in [-0.2, -0.15) is 18.4 Å². The van der Waals surface area contributed by atoms with Crippen molar-refractivity contribution in [3.63, 3.8) is 0 Å². The van der Waals surface area contributed by atoms with Gasteiger partial charge in [0.15, 0.2) is 0 Å². The molecule has 1 aromatic rings. The van der Waals surface area contributed by atoms with Gasteiger partial charge in [0.25, 0.3) is 0 Å². The maximum absolute atomic E-state index is 12.9. The first-order chi connectivity index (χ1) is 13.2. The lowest BCUT2D eigenvalue weighted by atomic mass is 9.90. The van der Waals surface area contributed by atoms with Crippen molar-refractivity contribution >= 4 is 29.1 Å². The number of halogens is 4. The number of anilines is 1. The first-order valence-electron chi connectivity index (χ1n) is 8.81. The van der Waals surface area contributed by atoms with Crippen LogP contribution in [-0.4, -0.2) is 41.9 Å². The minimum absolute atomic E-state index is 0.0610. The van der Waals surface area contributed by atoms with E-state index in [1.807, 2.05) is 0 Å². The summed E-state index contributed by atoms with van der Waals surface area (Å²) in [5.41, 5.74) is -2.18. The Bertz CT molecular complexity index is 808. The van der Waals surface area contributed by atoms with E-state index in [0.717, 1.165) is 12.1 Å². The molecule has 10 heteroatoms. The number of nitrogens with one attached hydrogen (secondary N) is 2. The van der Waals surface area contributed by atoms with E-state index in [0.29, 0.717) is 0 Å². The van der Waals surface area contributed by atoms with Crippen molar-refractivity contribution < 1.29 is 22.8 Å². The molecule has 0 aromatic heterocycles. The van der Waals surface area contributed by atoms with E-state index in [4.69, 9.17) is 11.6 Å². The summed E-state index contributed by atoms with van der Waals surface area (Å²) < 4.78 is 38.8. The number of hydrogen-bond donors (Lipinski definition) is 2. The number of amides is 2. The van der Waals surface area contributed by atoms with E-state index < -0.39 is 40.2 Å². The smallest absolute Gasteiger partial charge is 0.336 e. The second-order valence-corrected chi connectivity index (χ2v) is 7.70. The highest BCUT2D eigenvalue weighted by Gasteiger charge is 2.34. The molecule has 0 spiro atoms. The molecule has 6 nitrogen and oxygen atoms in total. The van der Waals surface area contributed by atoms with Gasteiger partial charge in [-0.1, -0.05) is 25.4 Å². The number of carbonyl (C=O) groups is 2. The first kappa shape index (κ1) is 24.7. The number of alkyl halides is 3. The molecule has 160 valence electrons. The number of carbonyl (C=O) groups excluding carboxylic acids is 2. The molecule has 0 aliphatic carbocycles. The summed E-state index contributed by atoms with van der Waals surface area (Å²) in [6, 6.07) is 4.37. The molecule has 0 heterocycles. The fraction of sp³-hybridized carbons (Fsp3) is 0.526. The SMILES string of the molecule is CC(C(=O)NC(C)(C#N)C(C)C)N(C)CC(=O)Nc1ccc(Cl)c(C(F)(F)F)c1. The Labute approximate surface area is 173 Å². The maximum atomic E-state index is 12.9. The summed E-state index contributed by atoms with van der Waals surface area (Å²) in [7, 11) is 1.52. The second kappa shape index (κ2) is 9.46. The molecule has 1 aromatic carbocycles. The topological polar surface area (TPSA) is 85.2 Å². The van der Waals surface area contributed by atoms with Crippen LogP contribution in [0.3, 0.4) is 0 Å². The quantitative estimate of drug-likeness (QED) is 0.688. The third-order valence-electron chi connectivity index (χ3n) is 4.76. The van der Waals surface area contributed by atoms with Crippen molar-refractivity contribution in [1.29, 1.82) is 5.26 Å². The van der Waals surface area contributed by atoms with Gasteiger partial charge >= 0.3 is 6.18 Å². The van der Waals surface area contributed by atoms with E-state index in [1.165, 1.54) is 18.0 Å². The van der Waals surface area contributed by atoms with Crippen LogP contribution in [0.5, 0.6) is 0 Å². The average molecular weight is 433 g/mol. The molecule has 0 aliphatic heterocycles. The van der Waals surface area contributed by atoms with Crippen LogP contribution in [-0.2, 0) is 15.8 Å². The van der Waals surface area contributed by atoms with E-state index in [1.54, 1.807) is 27.7 Å². The Kier molecular flexibility index (Phi) is 8.07. The molecule has 0 saturated heterocycles. The van der Waals surface area contributed by atoms with Crippen molar-refractivity contribution in [1.82, 2.24) is 10.2 Å². The molecule has 0 saturated carbocycles. The summed E-state index contributed by atoms with van der Waals surface area (Å²) in [4.78, 5) is 26.0. The molecule has 29 heavy (non-hydrogen) atoms. The van der Waals surface area contributed by atoms with Gasteiger partial charge < -0.3 is 10.6 Å². The highest BCUT2D eigenvalue weighted by atomic mass is 35.5. The maximum Gasteiger partial charge on any atom is 0.417 e. The van der Waals surface area contributed by atoms with Crippen molar-refractivity contribution in [2.45, 2.75) is 45.5 Å². The van der Waals surface area contributed by atoms with Crippen LogP contribution < -0.4 is 10.6 Å². The summed E-state index contributed by atoms with van der Waals surface area (Å²) in [5.74, 6) is -1.18. The number of likely N-dealkylation sites (N-methyl/N-ethyl adjacent to an activating group) is 1. The van der Waals surface area contributed by atoms with Gasteiger partial charge in [-0.3, -0.25) is 14.5 Å². The van der Waals surface area contributed by atoms with Crippen LogP contribution in [0.25, 0.3) is 0 Å². The Morgan fingerprint density at radius 2 is 1.86 bits per heavy atom. The van der Waals surface area contributed by atoms with Crippen LogP contribution in [0.1, 0.15) is 33.3 Å². The molecule has 2 atom stereocenters. The van der Waals surface area contributed by atoms with Gasteiger partial charge in [0.2, 0.25) is 11.8 Å². The van der Waals surface area contributed by atoms with Crippen LogP contribution in [0.15, 0.2) is 18.2 Å². The molecule has 2 amide bonds. The van der Waals surface area contributed by atoms with Crippen LogP contribution in [0.2, 0.25) is 5.02 Å². The summed E-state index contributed by atoms with van der Waals surface area (Å²) in [5, 5.41) is 13.9. The minimum Gasteiger partial charge on any atom is -0.336 e. The van der Waals surface area contributed by atoms with E-state index >= 15 is 0 Å². The zero-order valence-electron chi connectivity index (χ0n) is 16.8. The van der Waals surface area contributed by atoms with E-state index in [-0.39, 0.29) is 18.2 Å². The van der Waals surface area contributed by atoms with Crippen molar-refractivity contribution in [3.05, 3.63) is 28.8 Å². The molecule has 0 aliphatic rings. The van der Waals surface area contributed by atoms with E-state index in [9.17, 15) is 28.0 Å². The fourth-order valence-electron chi connectivity index (χ4n) is 2.25. The fourth-order valence-corrected chi connectivity index (χ4v) is 2.47. The van der Waals surface area contributed by atoms with Crippen molar-refractivity contribution in [2.24, 2.45) is 5.92 Å². The molecule has 0 fully saturated rings. The molecular formula is C19H24ClF3N4O2. The average Bonchev–Trinajstić information content (AvgIpc) is 2.61. The monoisotopic (exact) mass is 432 g/mol. The van der Waals surface area contributed by atoms with Gasteiger partial charge in [-0.15, -0.1) is 0 Å².